The van der Waals surface area contributed by atoms with E-state index in [1.54, 1.807) is 24.3 Å². The van der Waals surface area contributed by atoms with Crippen LogP contribution in [0.1, 0.15) is 25.7 Å². The van der Waals surface area contributed by atoms with Crippen LogP contribution in [0, 0.1) is 0 Å². The third-order valence-corrected chi connectivity index (χ3v) is 5.28. The van der Waals surface area contributed by atoms with Gasteiger partial charge in [0.25, 0.3) is 0 Å². The minimum absolute atomic E-state index is 0.0287. The van der Waals surface area contributed by atoms with Crippen LogP contribution in [-0.2, 0) is 15.6 Å². The van der Waals surface area contributed by atoms with E-state index >= 15 is 0 Å². The Morgan fingerprint density at radius 3 is 2.66 bits per heavy atom. The molecule has 0 radical (unpaired) electrons. The molecule has 2 N–H and O–H groups in total. The van der Waals surface area contributed by atoms with E-state index in [2.05, 4.69) is 0 Å². The van der Waals surface area contributed by atoms with E-state index in [-0.39, 0.29) is 17.3 Å². The number of aliphatic hydroxyl groups excluding tert-OH is 2. The van der Waals surface area contributed by atoms with Gasteiger partial charge in [-0.25, -0.2) is 0 Å². The van der Waals surface area contributed by atoms with Crippen LogP contribution in [0.4, 0.5) is 0 Å². The molecule has 0 spiro atoms. The van der Waals surface area contributed by atoms with Gasteiger partial charge >= 0.3 is 0 Å². The monoisotopic (exact) mass is 416 g/mol. The van der Waals surface area contributed by atoms with Crippen LogP contribution in [0.2, 0.25) is 0 Å². The molecular formula is C23H28O5S. The Bertz CT molecular complexity index is 821. The molecule has 1 aliphatic carbocycles. The lowest BCUT2D eigenvalue weighted by Gasteiger charge is -2.05. The second-order valence-corrected chi connectivity index (χ2v) is 8.00. The number of hydrogen-bond donors (Lipinski definition) is 2. The molecule has 0 saturated heterocycles. The molecule has 2 rings (SSSR count). The predicted octanol–water partition coefficient (Wildman–Crippen LogP) is 3.23. The van der Waals surface area contributed by atoms with E-state index in [0.29, 0.717) is 25.0 Å². The summed E-state index contributed by atoms with van der Waals surface area (Å²) in [5, 5.41) is 18.6. The van der Waals surface area contributed by atoms with Gasteiger partial charge in [-0.2, -0.15) is 0 Å². The van der Waals surface area contributed by atoms with E-state index in [1.165, 1.54) is 6.26 Å². The van der Waals surface area contributed by atoms with Crippen molar-refractivity contribution in [3.8, 4) is 5.75 Å². The topological polar surface area (TPSA) is 83.8 Å². The molecule has 156 valence electrons. The molecule has 2 atom stereocenters. The van der Waals surface area contributed by atoms with Crippen LogP contribution in [0.5, 0.6) is 5.75 Å². The Kier molecular flexibility index (Phi) is 9.77. The Labute approximate surface area is 174 Å². The minimum Gasteiger partial charge on any atom is -0.494 e. The molecule has 2 unspecified atom stereocenters. The molecule has 0 saturated carbocycles. The highest BCUT2D eigenvalue weighted by atomic mass is 32.2. The van der Waals surface area contributed by atoms with E-state index in [9.17, 15) is 14.1 Å². The average molecular weight is 417 g/mol. The third kappa shape index (κ3) is 7.57. The molecule has 6 heteroatoms. The van der Waals surface area contributed by atoms with Crippen LogP contribution >= 0.6 is 0 Å². The van der Waals surface area contributed by atoms with Crippen LogP contribution in [0.15, 0.2) is 76.8 Å². The highest BCUT2D eigenvalue weighted by Crippen LogP contribution is 2.28. The summed E-state index contributed by atoms with van der Waals surface area (Å²) in [5.41, 5.74) is 1.22. The first-order valence-corrected chi connectivity index (χ1v) is 11.2. The van der Waals surface area contributed by atoms with Gasteiger partial charge in [-0.15, -0.1) is 0 Å². The molecule has 5 nitrogen and oxygen atoms in total. The zero-order chi connectivity index (χ0) is 21.1. The number of hydrogen-bond acceptors (Lipinski definition) is 5. The lowest BCUT2D eigenvalue weighted by Crippen LogP contribution is -2.05. The minimum atomic E-state index is -1.36. The highest BCUT2D eigenvalue weighted by Gasteiger charge is 2.26. The van der Waals surface area contributed by atoms with Crippen LogP contribution in [-0.4, -0.2) is 45.8 Å². The Morgan fingerprint density at radius 2 is 1.97 bits per heavy atom. The van der Waals surface area contributed by atoms with Crippen molar-refractivity contribution < 1.29 is 24.0 Å². The molecule has 0 aliphatic heterocycles. The van der Waals surface area contributed by atoms with Gasteiger partial charge in [-0.05, 0) is 49.5 Å². The van der Waals surface area contributed by atoms with Gasteiger partial charge in [0.05, 0.1) is 28.4 Å². The molecule has 0 amide bonds. The van der Waals surface area contributed by atoms with Crippen molar-refractivity contribution in [1.82, 2.24) is 0 Å². The summed E-state index contributed by atoms with van der Waals surface area (Å²) >= 11 is 0. The molecule has 0 bridgehead atoms. The number of ketones is 1. The van der Waals surface area contributed by atoms with Crippen molar-refractivity contribution in [3.63, 3.8) is 0 Å². The first kappa shape index (κ1) is 23.0. The summed E-state index contributed by atoms with van der Waals surface area (Å²) in [6, 6.07) is 9.58. The predicted molar refractivity (Wildman–Crippen MR) is 116 cm³/mol. The quantitative estimate of drug-likeness (QED) is 0.427. The lowest BCUT2D eigenvalue weighted by atomic mass is 10.1. The molecule has 0 aromatic heterocycles. The second-order valence-electron chi connectivity index (χ2n) is 6.65. The summed E-state index contributed by atoms with van der Waals surface area (Å²) in [6.45, 7) is 0.592. The largest absolute Gasteiger partial charge is 0.494 e. The first-order valence-electron chi connectivity index (χ1n) is 9.68. The van der Waals surface area contributed by atoms with E-state index in [1.807, 2.05) is 36.4 Å². The van der Waals surface area contributed by atoms with Crippen molar-refractivity contribution in [1.29, 1.82) is 0 Å². The maximum absolute atomic E-state index is 12.6. The Balaban J connectivity index is 1.99. The number of aliphatic hydroxyl groups is 2. The average Bonchev–Trinajstić information content (AvgIpc) is 3.03. The summed E-state index contributed by atoms with van der Waals surface area (Å²) in [7, 11) is -1.36. The van der Waals surface area contributed by atoms with Gasteiger partial charge in [-0.1, -0.05) is 42.5 Å². The number of allylic oxidation sites excluding steroid dienone is 7. The number of carbonyl (C=O) groups is 1. The normalized spacial score (nSPS) is 19.1. The lowest BCUT2D eigenvalue weighted by molar-refractivity contribution is -0.111. The zero-order valence-corrected chi connectivity index (χ0v) is 17.4. The van der Waals surface area contributed by atoms with E-state index < -0.39 is 16.9 Å². The number of para-hydroxylation sites is 1. The molecule has 29 heavy (non-hydrogen) atoms. The van der Waals surface area contributed by atoms with Crippen LogP contribution in [0.3, 0.4) is 0 Å². The standard InChI is InChI=1S/C23H28O5S/c1-29(27)22-17-18(9-5-6-16-28-20-12-3-2-4-13-20)21(23(22)26)14-7-10-19(25)11-8-15-24/h2-4,7,9-10,12-14,17,19,24-25H,5-6,8,11,15-16H2,1H3/b10-7-,18-9?,21-14?. The third-order valence-electron chi connectivity index (χ3n) is 4.35. The number of rotatable bonds is 11. The van der Waals surface area contributed by atoms with Gasteiger partial charge in [0, 0.05) is 18.4 Å². The second kappa shape index (κ2) is 12.3. The number of carbonyl (C=O) groups excluding carboxylic acids is 1. The fourth-order valence-electron chi connectivity index (χ4n) is 2.83. The van der Waals surface area contributed by atoms with Gasteiger partial charge in [0.2, 0.25) is 5.78 Å². The summed E-state index contributed by atoms with van der Waals surface area (Å²) in [5.74, 6) is 0.581. The Hall–Kier alpha value is -2.28. The number of unbranched alkanes of at least 4 members (excludes halogenated alkanes) is 1. The van der Waals surface area contributed by atoms with Crippen LogP contribution in [0.25, 0.3) is 0 Å². The zero-order valence-electron chi connectivity index (χ0n) is 16.6. The van der Waals surface area contributed by atoms with Crippen molar-refractivity contribution >= 4 is 16.6 Å². The highest BCUT2D eigenvalue weighted by molar-refractivity contribution is 7.89. The maximum atomic E-state index is 12.6. The van der Waals surface area contributed by atoms with Gasteiger partial charge in [0.1, 0.15) is 5.75 Å². The molecule has 0 heterocycles. The number of Topliss-reactive ketones (excluding diaryl/α,β-unsaturated/α-hetero) is 1. The van der Waals surface area contributed by atoms with Crippen molar-refractivity contribution in [2.24, 2.45) is 0 Å². The smallest absolute Gasteiger partial charge is 0.202 e. The maximum Gasteiger partial charge on any atom is 0.202 e. The van der Waals surface area contributed by atoms with Crippen molar-refractivity contribution in [2.45, 2.75) is 31.8 Å². The fraction of sp³-hybridized carbons (Fsp3) is 0.348. The molecular weight excluding hydrogens is 388 g/mol. The summed E-state index contributed by atoms with van der Waals surface area (Å²) in [6.07, 6.45) is 11.8. The molecule has 1 aromatic rings. The number of benzene rings is 1. The van der Waals surface area contributed by atoms with Gasteiger partial charge < -0.3 is 14.9 Å². The molecule has 1 aromatic carbocycles. The summed E-state index contributed by atoms with van der Waals surface area (Å²) in [4.78, 5) is 12.8. The fourth-order valence-corrected chi connectivity index (χ4v) is 3.49. The first-order chi connectivity index (χ1) is 14.0. The van der Waals surface area contributed by atoms with E-state index in [4.69, 9.17) is 9.84 Å². The van der Waals surface area contributed by atoms with Gasteiger partial charge in [0.15, 0.2) is 0 Å². The SMILES string of the molecule is CS(=O)C1=CC(=CCCCOc2ccccc2)C(=C/C=C\C(O)CCCO)C1=O. The van der Waals surface area contributed by atoms with Crippen LogP contribution < -0.4 is 4.74 Å². The number of ether oxygens (including phenoxy) is 1. The molecule has 1 aliphatic rings. The Morgan fingerprint density at radius 1 is 1.21 bits per heavy atom. The van der Waals surface area contributed by atoms with Crippen molar-refractivity contribution in [3.05, 3.63) is 76.8 Å². The summed E-state index contributed by atoms with van der Waals surface area (Å²) < 4.78 is 17.5. The van der Waals surface area contributed by atoms with Crippen molar-refractivity contribution in [2.75, 3.05) is 19.5 Å². The van der Waals surface area contributed by atoms with E-state index in [0.717, 1.165) is 24.2 Å². The van der Waals surface area contributed by atoms with Gasteiger partial charge in [-0.3, -0.25) is 9.00 Å². The molecule has 0 fully saturated rings.